The fraction of sp³-hybridized carbons (Fsp3) is 0.471. The van der Waals surface area contributed by atoms with E-state index in [0.29, 0.717) is 24.8 Å². The third-order valence-corrected chi connectivity index (χ3v) is 4.54. The SMILES string of the molecule is COC(=O)C(C(=O)OC)C(c1ccc([N+](=O)[O-])cc1)C1CCCC1=O. The summed E-state index contributed by atoms with van der Waals surface area (Å²) in [6.07, 6.45) is 1.58. The van der Waals surface area contributed by atoms with Gasteiger partial charge >= 0.3 is 11.9 Å². The van der Waals surface area contributed by atoms with Crippen molar-refractivity contribution < 1.29 is 28.8 Å². The molecule has 8 nitrogen and oxygen atoms in total. The zero-order valence-corrected chi connectivity index (χ0v) is 14.0. The number of benzene rings is 1. The second-order valence-corrected chi connectivity index (χ2v) is 5.86. The number of methoxy groups -OCH3 is 2. The second kappa shape index (κ2) is 7.87. The van der Waals surface area contributed by atoms with Crippen LogP contribution in [0.1, 0.15) is 30.7 Å². The Hall–Kier alpha value is -2.77. The van der Waals surface area contributed by atoms with Gasteiger partial charge in [0.15, 0.2) is 5.92 Å². The van der Waals surface area contributed by atoms with E-state index in [4.69, 9.17) is 9.47 Å². The van der Waals surface area contributed by atoms with Gasteiger partial charge in [0.25, 0.3) is 5.69 Å². The Morgan fingerprint density at radius 3 is 2.12 bits per heavy atom. The first-order valence-electron chi connectivity index (χ1n) is 7.83. The minimum absolute atomic E-state index is 0.0406. The Morgan fingerprint density at radius 1 is 1.16 bits per heavy atom. The first kappa shape index (κ1) is 18.6. The van der Waals surface area contributed by atoms with Gasteiger partial charge < -0.3 is 9.47 Å². The first-order valence-corrected chi connectivity index (χ1v) is 7.83. The summed E-state index contributed by atoms with van der Waals surface area (Å²) in [6.45, 7) is 0. The van der Waals surface area contributed by atoms with Crippen LogP contribution in [-0.4, -0.2) is 36.9 Å². The number of carbonyl (C=O) groups excluding carboxylic acids is 3. The summed E-state index contributed by atoms with van der Waals surface area (Å²) in [6, 6.07) is 5.50. The van der Waals surface area contributed by atoms with Gasteiger partial charge in [0.1, 0.15) is 5.78 Å². The smallest absolute Gasteiger partial charge is 0.320 e. The minimum atomic E-state index is -1.30. The van der Waals surface area contributed by atoms with Crippen LogP contribution >= 0.6 is 0 Å². The van der Waals surface area contributed by atoms with E-state index in [9.17, 15) is 24.5 Å². The molecule has 2 unspecified atom stereocenters. The molecular formula is C17H19NO7. The van der Waals surface area contributed by atoms with E-state index < -0.39 is 34.6 Å². The van der Waals surface area contributed by atoms with Crippen molar-refractivity contribution in [3.8, 4) is 0 Å². The monoisotopic (exact) mass is 349 g/mol. The van der Waals surface area contributed by atoms with E-state index in [2.05, 4.69) is 0 Å². The van der Waals surface area contributed by atoms with Crippen molar-refractivity contribution in [1.29, 1.82) is 0 Å². The maximum Gasteiger partial charge on any atom is 0.320 e. The standard InChI is InChI=1S/C17H19NO7/c1-24-16(20)15(17(21)25-2)14(12-4-3-5-13(12)19)10-6-8-11(9-7-10)18(22)23/h6-9,12,14-15H,3-5H2,1-2H3. The predicted molar refractivity (Wildman–Crippen MR) is 85.7 cm³/mol. The highest BCUT2D eigenvalue weighted by molar-refractivity contribution is 5.97. The normalized spacial score (nSPS) is 18.0. The second-order valence-electron chi connectivity index (χ2n) is 5.86. The molecule has 0 saturated heterocycles. The van der Waals surface area contributed by atoms with Crippen LogP contribution in [0.4, 0.5) is 5.69 Å². The van der Waals surface area contributed by atoms with Crippen LogP contribution in [0, 0.1) is 22.0 Å². The molecule has 1 saturated carbocycles. The molecule has 25 heavy (non-hydrogen) atoms. The summed E-state index contributed by atoms with van der Waals surface area (Å²) in [4.78, 5) is 47.0. The van der Waals surface area contributed by atoms with Gasteiger partial charge in [0.2, 0.25) is 0 Å². The van der Waals surface area contributed by atoms with Gasteiger partial charge in [-0.15, -0.1) is 0 Å². The summed E-state index contributed by atoms with van der Waals surface area (Å²) >= 11 is 0. The number of nitro groups is 1. The molecule has 0 N–H and O–H groups in total. The summed E-state index contributed by atoms with van der Waals surface area (Å²) < 4.78 is 9.47. The van der Waals surface area contributed by atoms with Crippen molar-refractivity contribution in [2.24, 2.45) is 11.8 Å². The van der Waals surface area contributed by atoms with Crippen LogP contribution in [0.25, 0.3) is 0 Å². The molecular weight excluding hydrogens is 330 g/mol. The summed E-state index contributed by atoms with van der Waals surface area (Å²) in [5.74, 6) is -4.25. The van der Waals surface area contributed by atoms with Crippen LogP contribution < -0.4 is 0 Å². The molecule has 1 fully saturated rings. The number of carbonyl (C=O) groups is 3. The lowest BCUT2D eigenvalue weighted by atomic mass is 9.75. The Balaban J connectivity index is 2.51. The van der Waals surface area contributed by atoms with E-state index >= 15 is 0 Å². The Labute approximate surface area is 144 Å². The average Bonchev–Trinajstić information content (AvgIpc) is 3.04. The molecule has 0 spiro atoms. The average molecular weight is 349 g/mol. The third kappa shape index (κ3) is 3.84. The number of esters is 2. The third-order valence-electron chi connectivity index (χ3n) is 4.54. The fourth-order valence-electron chi connectivity index (χ4n) is 3.34. The minimum Gasteiger partial charge on any atom is -0.468 e. The predicted octanol–water partition coefficient (Wildman–Crippen LogP) is 2.01. The highest BCUT2D eigenvalue weighted by Gasteiger charge is 2.45. The molecule has 0 radical (unpaired) electrons. The number of nitrogens with zero attached hydrogens (tertiary/aromatic N) is 1. The number of ether oxygens (including phenoxy) is 2. The van der Waals surface area contributed by atoms with Gasteiger partial charge in [-0.2, -0.15) is 0 Å². The lowest BCUT2D eigenvalue weighted by Gasteiger charge is -2.28. The number of hydrogen-bond acceptors (Lipinski definition) is 7. The van der Waals surface area contributed by atoms with Gasteiger partial charge in [-0.3, -0.25) is 24.5 Å². The summed E-state index contributed by atoms with van der Waals surface area (Å²) in [5.41, 5.74) is 0.375. The number of non-ortho nitro benzene ring substituents is 1. The van der Waals surface area contributed by atoms with Crippen molar-refractivity contribution in [2.45, 2.75) is 25.2 Å². The Kier molecular flexibility index (Phi) is 5.84. The van der Waals surface area contributed by atoms with Crippen molar-refractivity contribution >= 4 is 23.4 Å². The largest absolute Gasteiger partial charge is 0.468 e. The molecule has 0 aromatic heterocycles. The molecule has 2 atom stereocenters. The molecule has 0 amide bonds. The molecule has 1 aliphatic carbocycles. The maximum absolute atomic E-state index is 12.3. The number of hydrogen-bond donors (Lipinski definition) is 0. The van der Waals surface area contributed by atoms with Crippen molar-refractivity contribution in [1.82, 2.24) is 0 Å². The maximum atomic E-state index is 12.3. The van der Waals surface area contributed by atoms with Gasteiger partial charge in [-0.05, 0) is 18.4 Å². The topological polar surface area (TPSA) is 113 Å². The van der Waals surface area contributed by atoms with Gasteiger partial charge in [-0.25, -0.2) is 0 Å². The zero-order chi connectivity index (χ0) is 18.6. The van der Waals surface area contributed by atoms with E-state index in [1.165, 1.54) is 24.3 Å². The molecule has 1 aromatic rings. The number of ketones is 1. The number of nitro benzene ring substituents is 1. The molecule has 134 valence electrons. The van der Waals surface area contributed by atoms with E-state index in [-0.39, 0.29) is 11.5 Å². The molecule has 1 aromatic carbocycles. The van der Waals surface area contributed by atoms with E-state index in [1.54, 1.807) is 0 Å². The highest BCUT2D eigenvalue weighted by atomic mass is 16.6. The molecule has 0 heterocycles. The van der Waals surface area contributed by atoms with Gasteiger partial charge in [0.05, 0.1) is 19.1 Å². The lowest BCUT2D eigenvalue weighted by Crippen LogP contribution is -2.37. The number of Topliss-reactive ketones (excluding diaryl/α,β-unsaturated/α-hetero) is 1. The summed E-state index contributed by atoms with van der Waals surface area (Å²) in [7, 11) is 2.31. The Bertz CT molecular complexity index is 667. The fourth-order valence-corrected chi connectivity index (χ4v) is 3.34. The van der Waals surface area contributed by atoms with Crippen LogP contribution in [-0.2, 0) is 23.9 Å². The van der Waals surface area contributed by atoms with Crippen LogP contribution in [0.3, 0.4) is 0 Å². The van der Waals surface area contributed by atoms with Crippen LogP contribution in [0.2, 0.25) is 0 Å². The molecule has 2 rings (SSSR count). The van der Waals surface area contributed by atoms with Crippen molar-refractivity contribution in [3.63, 3.8) is 0 Å². The van der Waals surface area contributed by atoms with Gasteiger partial charge in [0, 0.05) is 30.4 Å². The van der Waals surface area contributed by atoms with E-state index in [0.717, 1.165) is 14.2 Å². The van der Waals surface area contributed by atoms with Crippen molar-refractivity contribution in [3.05, 3.63) is 39.9 Å². The van der Waals surface area contributed by atoms with Crippen molar-refractivity contribution in [2.75, 3.05) is 14.2 Å². The molecule has 0 aliphatic heterocycles. The quantitative estimate of drug-likeness (QED) is 0.334. The number of rotatable bonds is 6. The van der Waals surface area contributed by atoms with Gasteiger partial charge in [-0.1, -0.05) is 12.1 Å². The molecule has 8 heteroatoms. The van der Waals surface area contributed by atoms with Crippen LogP contribution in [0.5, 0.6) is 0 Å². The molecule has 1 aliphatic rings. The lowest BCUT2D eigenvalue weighted by molar-refractivity contribution is -0.384. The Morgan fingerprint density at radius 2 is 1.72 bits per heavy atom. The zero-order valence-electron chi connectivity index (χ0n) is 14.0. The summed E-state index contributed by atoms with van der Waals surface area (Å²) in [5, 5.41) is 10.8. The van der Waals surface area contributed by atoms with Crippen LogP contribution in [0.15, 0.2) is 24.3 Å². The first-order chi connectivity index (χ1) is 11.9. The van der Waals surface area contributed by atoms with E-state index in [1.807, 2.05) is 0 Å². The highest BCUT2D eigenvalue weighted by Crippen LogP contribution is 2.41. The molecule has 0 bridgehead atoms.